The van der Waals surface area contributed by atoms with Gasteiger partial charge in [0.1, 0.15) is 0 Å². The van der Waals surface area contributed by atoms with Gasteiger partial charge in [-0.25, -0.2) is 0 Å². The zero-order valence-electron chi connectivity index (χ0n) is 10.9. The quantitative estimate of drug-likeness (QED) is 0.804. The van der Waals surface area contributed by atoms with Gasteiger partial charge in [0.15, 0.2) is 5.82 Å². The van der Waals surface area contributed by atoms with Gasteiger partial charge in [-0.2, -0.15) is 5.10 Å². The number of rotatable bonds is 2. The van der Waals surface area contributed by atoms with Crippen LogP contribution in [0.25, 0.3) is 0 Å². The van der Waals surface area contributed by atoms with Crippen molar-refractivity contribution in [3.05, 3.63) is 5.69 Å². The molecule has 0 bridgehead atoms. The number of nitrogens with zero attached hydrogens (tertiary/aromatic N) is 3. The second kappa shape index (κ2) is 4.22. The Kier molecular flexibility index (Phi) is 3.03. The maximum Gasteiger partial charge on any atom is 0.150 e. The van der Waals surface area contributed by atoms with Crippen molar-refractivity contribution >= 4 is 11.5 Å². The predicted octanol–water partition coefficient (Wildman–Crippen LogP) is 0.916. The van der Waals surface area contributed by atoms with Crippen molar-refractivity contribution in [1.82, 2.24) is 9.78 Å². The van der Waals surface area contributed by atoms with E-state index in [-0.39, 0.29) is 0 Å². The molecule has 1 saturated heterocycles. The predicted molar refractivity (Wildman–Crippen MR) is 69.1 cm³/mol. The molecule has 1 aliphatic rings. The monoisotopic (exact) mass is 238 g/mol. The van der Waals surface area contributed by atoms with E-state index in [1.165, 1.54) is 0 Å². The minimum absolute atomic E-state index is 0.624. The van der Waals surface area contributed by atoms with E-state index in [2.05, 4.69) is 16.9 Å². The zero-order valence-corrected chi connectivity index (χ0v) is 10.9. The van der Waals surface area contributed by atoms with Crippen LogP contribution in [-0.2, 0) is 13.5 Å². The van der Waals surface area contributed by atoms with Crippen LogP contribution in [0.1, 0.15) is 32.4 Å². The molecule has 0 saturated carbocycles. The van der Waals surface area contributed by atoms with Crippen molar-refractivity contribution in [3.8, 4) is 0 Å². The largest absolute Gasteiger partial charge is 0.394 e. The summed E-state index contributed by atoms with van der Waals surface area (Å²) in [5, 5.41) is 14.6. The number of hydrogen-bond acceptors (Lipinski definition) is 4. The summed E-state index contributed by atoms with van der Waals surface area (Å²) in [4.78, 5) is 2.14. The average Bonchev–Trinajstić information content (AvgIpc) is 2.52. The van der Waals surface area contributed by atoms with Crippen molar-refractivity contribution in [2.24, 2.45) is 7.05 Å². The second-order valence-electron chi connectivity index (χ2n) is 5.18. The van der Waals surface area contributed by atoms with Crippen LogP contribution in [0.3, 0.4) is 0 Å². The SMILES string of the molecule is CCc1nn(C)c(N2CCCC(C)(O)C2)c1N. The first-order valence-corrected chi connectivity index (χ1v) is 6.23. The van der Waals surface area contributed by atoms with E-state index in [1.54, 1.807) is 0 Å². The van der Waals surface area contributed by atoms with Gasteiger partial charge < -0.3 is 15.7 Å². The number of anilines is 2. The van der Waals surface area contributed by atoms with Gasteiger partial charge in [0, 0.05) is 20.1 Å². The van der Waals surface area contributed by atoms with Crippen LogP contribution in [0, 0.1) is 0 Å². The van der Waals surface area contributed by atoms with E-state index in [9.17, 15) is 5.11 Å². The Labute approximate surface area is 102 Å². The van der Waals surface area contributed by atoms with Gasteiger partial charge >= 0.3 is 0 Å². The third-order valence-electron chi connectivity index (χ3n) is 3.44. The Morgan fingerprint density at radius 3 is 2.76 bits per heavy atom. The molecule has 0 aliphatic carbocycles. The van der Waals surface area contributed by atoms with Crippen LogP contribution in [0.2, 0.25) is 0 Å². The van der Waals surface area contributed by atoms with Gasteiger partial charge in [0.25, 0.3) is 0 Å². The maximum atomic E-state index is 10.1. The minimum Gasteiger partial charge on any atom is -0.394 e. The lowest BCUT2D eigenvalue weighted by Crippen LogP contribution is -2.47. The first-order chi connectivity index (χ1) is 7.94. The molecule has 1 aromatic heterocycles. The molecule has 0 radical (unpaired) electrons. The fraction of sp³-hybridized carbons (Fsp3) is 0.750. The number of hydrogen-bond donors (Lipinski definition) is 2. The molecule has 1 atom stereocenters. The van der Waals surface area contributed by atoms with Crippen LogP contribution in [0.15, 0.2) is 0 Å². The van der Waals surface area contributed by atoms with E-state index in [4.69, 9.17) is 5.73 Å². The number of nitrogen functional groups attached to an aromatic ring is 1. The van der Waals surface area contributed by atoms with E-state index >= 15 is 0 Å². The molecule has 0 aromatic carbocycles. The van der Waals surface area contributed by atoms with E-state index in [1.807, 2.05) is 18.7 Å². The maximum absolute atomic E-state index is 10.1. The Morgan fingerprint density at radius 2 is 2.24 bits per heavy atom. The number of aromatic nitrogens is 2. The molecule has 1 fully saturated rings. The molecule has 0 spiro atoms. The van der Waals surface area contributed by atoms with Crippen LogP contribution in [-0.4, -0.2) is 33.6 Å². The molecule has 5 nitrogen and oxygen atoms in total. The first kappa shape index (κ1) is 12.2. The van der Waals surface area contributed by atoms with Crippen LogP contribution in [0.4, 0.5) is 11.5 Å². The summed E-state index contributed by atoms with van der Waals surface area (Å²) in [7, 11) is 1.91. The van der Waals surface area contributed by atoms with Crippen molar-refractivity contribution in [2.45, 2.75) is 38.7 Å². The summed E-state index contributed by atoms with van der Waals surface area (Å²) < 4.78 is 1.83. The minimum atomic E-state index is -0.624. The molecule has 1 unspecified atom stereocenters. The lowest BCUT2D eigenvalue weighted by molar-refractivity contribution is 0.0445. The highest BCUT2D eigenvalue weighted by Crippen LogP contribution is 2.31. The van der Waals surface area contributed by atoms with Crippen molar-refractivity contribution in [3.63, 3.8) is 0 Å². The molecule has 5 heteroatoms. The first-order valence-electron chi connectivity index (χ1n) is 6.23. The lowest BCUT2D eigenvalue weighted by atomic mass is 9.95. The van der Waals surface area contributed by atoms with Gasteiger partial charge in [-0.3, -0.25) is 4.68 Å². The summed E-state index contributed by atoms with van der Waals surface area (Å²) in [6, 6.07) is 0. The molecule has 0 amide bonds. The molecule has 1 aromatic rings. The number of nitrogens with two attached hydrogens (primary N) is 1. The molecule has 96 valence electrons. The van der Waals surface area contributed by atoms with Crippen LogP contribution in [0.5, 0.6) is 0 Å². The van der Waals surface area contributed by atoms with Gasteiger partial charge in [-0.1, -0.05) is 6.92 Å². The van der Waals surface area contributed by atoms with Gasteiger partial charge in [0.05, 0.1) is 17.0 Å². The van der Waals surface area contributed by atoms with E-state index in [0.717, 1.165) is 43.0 Å². The highest BCUT2D eigenvalue weighted by Gasteiger charge is 2.31. The topological polar surface area (TPSA) is 67.3 Å². The molecular weight excluding hydrogens is 216 g/mol. The molecule has 1 aliphatic heterocycles. The standard InChI is InChI=1S/C12H22N4O/c1-4-9-10(13)11(15(3)14-9)16-7-5-6-12(2,17)8-16/h17H,4-8,13H2,1-3H3. The molecule has 3 N–H and O–H groups in total. The number of aryl methyl sites for hydroxylation is 2. The number of aliphatic hydroxyl groups is 1. The van der Waals surface area contributed by atoms with Gasteiger partial charge in [-0.05, 0) is 26.2 Å². The summed E-state index contributed by atoms with van der Waals surface area (Å²) in [6.45, 7) is 5.49. The van der Waals surface area contributed by atoms with E-state index < -0.39 is 5.60 Å². The fourth-order valence-corrected chi connectivity index (χ4v) is 2.62. The Morgan fingerprint density at radius 1 is 1.53 bits per heavy atom. The average molecular weight is 238 g/mol. The summed E-state index contributed by atoms with van der Waals surface area (Å²) in [6.07, 6.45) is 2.67. The van der Waals surface area contributed by atoms with E-state index in [0.29, 0.717) is 6.54 Å². The second-order valence-corrected chi connectivity index (χ2v) is 5.18. The normalized spacial score (nSPS) is 25.3. The summed E-state index contributed by atoms with van der Waals surface area (Å²) >= 11 is 0. The van der Waals surface area contributed by atoms with Crippen LogP contribution >= 0.6 is 0 Å². The van der Waals surface area contributed by atoms with Gasteiger partial charge in [-0.15, -0.1) is 0 Å². The Hall–Kier alpha value is -1.23. The third kappa shape index (κ3) is 2.24. The molecule has 2 heterocycles. The molecule has 17 heavy (non-hydrogen) atoms. The fourth-order valence-electron chi connectivity index (χ4n) is 2.62. The van der Waals surface area contributed by atoms with Crippen molar-refractivity contribution in [1.29, 1.82) is 0 Å². The molecular formula is C12H22N4O. The summed E-state index contributed by atoms with van der Waals surface area (Å²) in [5.74, 6) is 0.946. The summed E-state index contributed by atoms with van der Waals surface area (Å²) in [5.41, 5.74) is 7.20. The highest BCUT2D eigenvalue weighted by molar-refractivity contribution is 5.66. The Bertz CT molecular complexity index is 411. The van der Waals surface area contributed by atoms with Crippen LogP contribution < -0.4 is 10.6 Å². The number of β-amino-alcohol motifs (C(OH)–C–C–N with tert-alkyl or cyclic N) is 1. The Balaban J connectivity index is 2.30. The third-order valence-corrected chi connectivity index (χ3v) is 3.44. The van der Waals surface area contributed by atoms with Crippen molar-refractivity contribution in [2.75, 3.05) is 23.7 Å². The lowest BCUT2D eigenvalue weighted by Gasteiger charge is -2.38. The smallest absolute Gasteiger partial charge is 0.150 e. The zero-order chi connectivity index (χ0) is 12.6. The van der Waals surface area contributed by atoms with Gasteiger partial charge in [0.2, 0.25) is 0 Å². The molecule has 2 rings (SSSR count). The number of piperidine rings is 1. The van der Waals surface area contributed by atoms with Crippen molar-refractivity contribution < 1.29 is 5.11 Å². The highest BCUT2D eigenvalue weighted by atomic mass is 16.3.